The fraction of sp³-hybridized carbons (Fsp3) is 0.500. The van der Waals surface area contributed by atoms with Gasteiger partial charge in [-0.2, -0.15) is 0 Å². The van der Waals surface area contributed by atoms with E-state index in [0.29, 0.717) is 28.5 Å². The molecule has 0 unspecified atom stereocenters. The largest absolute Gasteiger partial charge is 0.312 e. The zero-order valence-corrected chi connectivity index (χ0v) is 11.7. The summed E-state index contributed by atoms with van der Waals surface area (Å²) in [5.74, 6) is 1.29. The van der Waals surface area contributed by atoms with Crippen molar-refractivity contribution in [2.24, 2.45) is 11.8 Å². The van der Waals surface area contributed by atoms with Crippen molar-refractivity contribution in [3.05, 3.63) is 30.5 Å². The molecular weight excluding hydrogens is 260 g/mol. The van der Waals surface area contributed by atoms with Gasteiger partial charge in [0.05, 0.1) is 6.33 Å². The van der Waals surface area contributed by atoms with Crippen LogP contribution >= 0.6 is 11.6 Å². The lowest BCUT2D eigenvalue weighted by Gasteiger charge is -2.12. The molecule has 0 spiro atoms. The second-order valence-corrected chi connectivity index (χ2v) is 5.54. The fourth-order valence-electron chi connectivity index (χ4n) is 3.20. The van der Waals surface area contributed by atoms with Crippen molar-refractivity contribution in [3.63, 3.8) is 0 Å². The number of rotatable bonds is 3. The minimum atomic E-state index is 0.425. The topological polar surface area (TPSA) is 43.6 Å². The van der Waals surface area contributed by atoms with Gasteiger partial charge in [0.25, 0.3) is 0 Å². The Hall–Kier alpha value is -1.42. The molecule has 5 heteroatoms. The van der Waals surface area contributed by atoms with Gasteiger partial charge in [0.1, 0.15) is 11.8 Å². The Morgan fingerprint density at radius 2 is 2.26 bits per heavy atom. The molecule has 0 bridgehead atoms. The highest BCUT2D eigenvalue weighted by Gasteiger charge is 2.33. The molecule has 0 aliphatic heterocycles. The molecule has 3 atom stereocenters. The Balaban J connectivity index is 1.98. The zero-order chi connectivity index (χ0) is 13.4. The molecule has 0 amide bonds. The lowest BCUT2D eigenvalue weighted by Crippen LogP contribution is -2.05. The molecule has 0 radical (unpaired) electrons. The van der Waals surface area contributed by atoms with Crippen LogP contribution in [-0.4, -0.2) is 19.5 Å². The van der Waals surface area contributed by atoms with Gasteiger partial charge in [-0.15, -0.1) is 6.58 Å². The summed E-state index contributed by atoms with van der Waals surface area (Å²) in [6.07, 6.45) is 8.88. The Kier molecular flexibility index (Phi) is 3.27. The predicted octanol–water partition coefficient (Wildman–Crippen LogP) is 3.64. The van der Waals surface area contributed by atoms with Gasteiger partial charge < -0.3 is 4.57 Å². The van der Waals surface area contributed by atoms with Crippen LogP contribution in [0.3, 0.4) is 0 Å². The molecule has 0 N–H and O–H groups in total. The molecule has 2 aromatic heterocycles. The number of allylic oxidation sites excluding steroid dienone is 1. The predicted molar refractivity (Wildman–Crippen MR) is 76.1 cm³/mol. The number of fused-ring (bicyclic) bond motifs is 1. The molecule has 100 valence electrons. The monoisotopic (exact) mass is 276 g/mol. The van der Waals surface area contributed by atoms with Gasteiger partial charge in [-0.3, -0.25) is 0 Å². The van der Waals surface area contributed by atoms with Crippen molar-refractivity contribution in [3.8, 4) is 0 Å². The normalized spacial score (nSPS) is 26.9. The summed E-state index contributed by atoms with van der Waals surface area (Å²) >= 11 is 6.05. The summed E-state index contributed by atoms with van der Waals surface area (Å²) in [6, 6.07) is 0.434. The highest BCUT2D eigenvalue weighted by molar-refractivity contribution is 6.33. The Bertz CT molecular complexity index is 607. The number of imidazole rings is 1. The van der Waals surface area contributed by atoms with E-state index in [1.165, 1.54) is 12.7 Å². The minimum Gasteiger partial charge on any atom is -0.312 e. The third-order valence-corrected chi connectivity index (χ3v) is 4.54. The van der Waals surface area contributed by atoms with Crippen molar-refractivity contribution in [2.75, 3.05) is 0 Å². The number of hydrogen-bond donors (Lipinski definition) is 0. The van der Waals surface area contributed by atoms with Gasteiger partial charge in [-0.05, 0) is 24.7 Å². The van der Waals surface area contributed by atoms with Crippen LogP contribution < -0.4 is 0 Å². The average Bonchev–Trinajstić information content (AvgIpc) is 3.02. The fourth-order valence-corrected chi connectivity index (χ4v) is 3.38. The highest BCUT2D eigenvalue weighted by atomic mass is 35.5. The first kappa shape index (κ1) is 12.6. The van der Waals surface area contributed by atoms with Crippen LogP contribution in [0.2, 0.25) is 5.15 Å². The standard InChI is InChI=1S/C14H17ClN4/c1-3-9-5-11(6-10(9)4-2)19-8-18-12-13(15)16-7-17-14(12)19/h3,7-11H,1,4-6H2,2H3/t9-,10-,11-/m0/s1. The summed E-state index contributed by atoms with van der Waals surface area (Å²) in [5, 5.41) is 0.425. The maximum Gasteiger partial charge on any atom is 0.165 e. The van der Waals surface area contributed by atoms with Crippen molar-refractivity contribution < 1.29 is 0 Å². The van der Waals surface area contributed by atoms with Crippen LogP contribution in [0.25, 0.3) is 11.2 Å². The second kappa shape index (κ2) is 4.93. The molecule has 19 heavy (non-hydrogen) atoms. The molecule has 3 rings (SSSR count). The summed E-state index contributed by atoms with van der Waals surface area (Å²) in [6.45, 7) is 6.21. The van der Waals surface area contributed by atoms with Gasteiger partial charge in [0, 0.05) is 6.04 Å². The maximum atomic E-state index is 6.05. The molecule has 4 nitrogen and oxygen atoms in total. The smallest absolute Gasteiger partial charge is 0.165 e. The molecule has 1 aliphatic carbocycles. The highest BCUT2D eigenvalue weighted by Crippen LogP contribution is 2.42. The van der Waals surface area contributed by atoms with Crippen molar-refractivity contribution in [1.29, 1.82) is 0 Å². The summed E-state index contributed by atoms with van der Waals surface area (Å²) in [7, 11) is 0. The van der Waals surface area contributed by atoms with Gasteiger partial charge in [0.15, 0.2) is 10.8 Å². The van der Waals surface area contributed by atoms with Crippen LogP contribution in [0.5, 0.6) is 0 Å². The quantitative estimate of drug-likeness (QED) is 0.635. The summed E-state index contributed by atoms with van der Waals surface area (Å²) in [4.78, 5) is 12.6. The van der Waals surface area contributed by atoms with E-state index in [-0.39, 0.29) is 0 Å². The van der Waals surface area contributed by atoms with E-state index >= 15 is 0 Å². The van der Waals surface area contributed by atoms with Crippen LogP contribution in [0, 0.1) is 11.8 Å². The third kappa shape index (κ3) is 2.04. The first-order valence-corrected chi connectivity index (χ1v) is 7.08. The maximum absolute atomic E-state index is 6.05. The van der Waals surface area contributed by atoms with Crippen molar-refractivity contribution in [2.45, 2.75) is 32.2 Å². The number of halogens is 1. The number of aromatic nitrogens is 4. The molecule has 0 aromatic carbocycles. The first-order chi connectivity index (χ1) is 9.24. The van der Waals surface area contributed by atoms with Crippen LogP contribution in [-0.2, 0) is 0 Å². The van der Waals surface area contributed by atoms with Gasteiger partial charge in [-0.1, -0.05) is 31.0 Å². The van der Waals surface area contributed by atoms with Crippen LogP contribution in [0.4, 0.5) is 0 Å². The second-order valence-electron chi connectivity index (χ2n) is 5.18. The zero-order valence-electron chi connectivity index (χ0n) is 11.0. The molecule has 0 saturated heterocycles. The van der Waals surface area contributed by atoms with E-state index in [2.05, 4.69) is 39.1 Å². The molecular formula is C14H17ClN4. The molecule has 1 aliphatic rings. The summed E-state index contributed by atoms with van der Waals surface area (Å²) < 4.78 is 2.15. The lowest BCUT2D eigenvalue weighted by atomic mass is 9.94. The Morgan fingerprint density at radius 3 is 2.95 bits per heavy atom. The van der Waals surface area contributed by atoms with Crippen molar-refractivity contribution >= 4 is 22.8 Å². The van der Waals surface area contributed by atoms with E-state index in [1.54, 1.807) is 0 Å². The van der Waals surface area contributed by atoms with Crippen LogP contribution in [0.1, 0.15) is 32.2 Å². The van der Waals surface area contributed by atoms with E-state index in [1.807, 2.05) is 6.33 Å². The van der Waals surface area contributed by atoms with E-state index in [9.17, 15) is 0 Å². The van der Waals surface area contributed by atoms with Gasteiger partial charge in [0.2, 0.25) is 0 Å². The van der Waals surface area contributed by atoms with Crippen molar-refractivity contribution in [1.82, 2.24) is 19.5 Å². The Labute approximate surface area is 117 Å². The molecule has 1 fully saturated rings. The average molecular weight is 277 g/mol. The van der Waals surface area contributed by atoms with E-state index in [0.717, 1.165) is 18.5 Å². The molecule has 2 heterocycles. The van der Waals surface area contributed by atoms with Gasteiger partial charge in [-0.25, -0.2) is 15.0 Å². The summed E-state index contributed by atoms with van der Waals surface area (Å²) in [5.41, 5.74) is 1.53. The van der Waals surface area contributed by atoms with Gasteiger partial charge >= 0.3 is 0 Å². The van der Waals surface area contributed by atoms with E-state index < -0.39 is 0 Å². The number of hydrogen-bond acceptors (Lipinski definition) is 3. The lowest BCUT2D eigenvalue weighted by molar-refractivity contribution is 0.438. The number of nitrogens with zero attached hydrogens (tertiary/aromatic N) is 4. The molecule has 2 aromatic rings. The molecule has 1 saturated carbocycles. The first-order valence-electron chi connectivity index (χ1n) is 6.70. The SMILES string of the molecule is C=C[C@H]1C[C@H](n2cnc3c(Cl)ncnc32)C[C@@H]1CC. The van der Waals surface area contributed by atoms with Crippen LogP contribution in [0.15, 0.2) is 25.3 Å². The Morgan fingerprint density at radius 1 is 1.42 bits per heavy atom. The minimum absolute atomic E-state index is 0.425. The van der Waals surface area contributed by atoms with E-state index in [4.69, 9.17) is 11.6 Å². The third-order valence-electron chi connectivity index (χ3n) is 4.26.